The molecule has 0 saturated heterocycles. The van der Waals surface area contributed by atoms with Gasteiger partial charge >= 0.3 is 0 Å². The van der Waals surface area contributed by atoms with Crippen molar-refractivity contribution in [3.63, 3.8) is 0 Å². The van der Waals surface area contributed by atoms with Crippen LogP contribution in [0.25, 0.3) is 0 Å². The molecule has 0 aliphatic rings. The van der Waals surface area contributed by atoms with Crippen LogP contribution >= 0.6 is 23.2 Å². The fourth-order valence-electron chi connectivity index (χ4n) is 1.94. The van der Waals surface area contributed by atoms with Crippen LogP contribution in [0.3, 0.4) is 0 Å². The summed E-state index contributed by atoms with van der Waals surface area (Å²) in [7, 11) is 0. The molecular weight excluding hydrogens is 335 g/mol. The van der Waals surface area contributed by atoms with Crippen molar-refractivity contribution in [2.45, 2.75) is 19.6 Å². The molecule has 6 heteroatoms. The molecule has 0 bridgehead atoms. The Bertz CT molecular complexity index is 742. The lowest BCUT2D eigenvalue weighted by Gasteiger charge is -2.13. The molecule has 0 heterocycles. The maximum atomic E-state index is 11.4. The van der Waals surface area contributed by atoms with E-state index in [0.717, 1.165) is 11.1 Å². The number of benzene rings is 2. The number of carbonyl (C=O) groups excluding carboxylic acids is 1. The molecule has 4 nitrogen and oxygen atoms in total. The lowest BCUT2D eigenvalue weighted by atomic mass is 10.2. The number of rotatable bonds is 6. The third-order valence-electron chi connectivity index (χ3n) is 3.02. The van der Waals surface area contributed by atoms with Crippen LogP contribution in [0.4, 0.5) is 0 Å². The molecule has 0 aromatic heterocycles. The van der Waals surface area contributed by atoms with Crippen LogP contribution in [0, 0.1) is 11.3 Å². The summed E-state index contributed by atoms with van der Waals surface area (Å²) in [6, 6.07) is 14.4. The number of hydrogen-bond donors (Lipinski definition) is 1. The van der Waals surface area contributed by atoms with Gasteiger partial charge in [0.2, 0.25) is 5.91 Å². The Hall–Kier alpha value is -2.22. The Morgan fingerprint density at radius 3 is 2.70 bits per heavy atom. The summed E-state index contributed by atoms with van der Waals surface area (Å²) in [5, 5.41) is 12.3. The Balaban J connectivity index is 2.06. The van der Waals surface area contributed by atoms with Crippen LogP contribution in [0.5, 0.6) is 5.75 Å². The van der Waals surface area contributed by atoms with Gasteiger partial charge in [-0.1, -0.05) is 35.3 Å². The zero-order valence-corrected chi connectivity index (χ0v) is 13.7. The highest BCUT2D eigenvalue weighted by Crippen LogP contribution is 2.24. The van der Waals surface area contributed by atoms with Crippen molar-refractivity contribution in [3.8, 4) is 11.8 Å². The highest BCUT2D eigenvalue weighted by molar-refractivity contribution is 6.30. The summed E-state index contributed by atoms with van der Waals surface area (Å²) in [6.07, 6.45) is -0.181. The van der Waals surface area contributed by atoms with Gasteiger partial charge in [-0.25, -0.2) is 0 Å². The molecule has 2 aromatic rings. The second-order valence-electron chi connectivity index (χ2n) is 4.78. The third kappa shape index (κ3) is 5.48. The second-order valence-corrected chi connectivity index (χ2v) is 5.66. The van der Waals surface area contributed by atoms with Crippen molar-refractivity contribution in [2.75, 3.05) is 0 Å². The number of nitrogens with zero attached hydrogens (tertiary/aromatic N) is 1. The van der Waals surface area contributed by atoms with Gasteiger partial charge in [-0.15, -0.1) is 0 Å². The first kappa shape index (κ1) is 17.1. The fraction of sp³-hybridized carbons (Fsp3) is 0.176. The lowest BCUT2D eigenvalue weighted by molar-refractivity contribution is -0.120. The molecule has 1 N–H and O–H groups in total. The molecule has 118 valence electrons. The van der Waals surface area contributed by atoms with Crippen molar-refractivity contribution >= 4 is 29.1 Å². The zero-order chi connectivity index (χ0) is 16.7. The van der Waals surface area contributed by atoms with Crippen LogP contribution in [0.2, 0.25) is 10.0 Å². The van der Waals surface area contributed by atoms with Crippen LogP contribution < -0.4 is 10.1 Å². The number of ether oxygens (including phenoxy) is 1. The second kappa shape index (κ2) is 8.42. The first-order valence-corrected chi connectivity index (χ1v) is 7.63. The van der Waals surface area contributed by atoms with Crippen LogP contribution in [0.15, 0.2) is 42.5 Å². The zero-order valence-electron chi connectivity index (χ0n) is 12.2. The minimum atomic E-state index is -0.340. The molecule has 0 unspecified atom stereocenters. The molecule has 0 radical (unpaired) electrons. The molecule has 0 atom stereocenters. The predicted octanol–water partition coefficient (Wildman–Crippen LogP) is 4.10. The number of amides is 1. The van der Waals surface area contributed by atoms with E-state index in [0.29, 0.717) is 22.4 Å². The summed E-state index contributed by atoms with van der Waals surface area (Å²) < 4.78 is 5.79. The molecule has 0 saturated carbocycles. The maximum Gasteiger partial charge on any atom is 0.234 e. The van der Waals surface area contributed by atoms with E-state index in [4.69, 9.17) is 33.2 Å². The van der Waals surface area contributed by atoms with Crippen LogP contribution in [-0.2, 0) is 17.9 Å². The first-order chi connectivity index (χ1) is 11.1. The van der Waals surface area contributed by atoms with E-state index in [2.05, 4.69) is 5.32 Å². The molecule has 0 aliphatic carbocycles. The van der Waals surface area contributed by atoms with E-state index in [9.17, 15) is 4.79 Å². The summed E-state index contributed by atoms with van der Waals surface area (Å²) >= 11 is 11.9. The fourth-order valence-corrected chi connectivity index (χ4v) is 2.35. The van der Waals surface area contributed by atoms with Gasteiger partial charge in [0.05, 0.1) is 6.07 Å². The molecular formula is C17H14Cl2N2O2. The van der Waals surface area contributed by atoms with Gasteiger partial charge in [0.25, 0.3) is 0 Å². The number of halogens is 2. The average molecular weight is 349 g/mol. The summed E-state index contributed by atoms with van der Waals surface area (Å²) in [5.74, 6) is 0.278. The van der Waals surface area contributed by atoms with Crippen molar-refractivity contribution in [1.82, 2.24) is 5.32 Å². The highest BCUT2D eigenvalue weighted by atomic mass is 35.5. The molecule has 0 fully saturated rings. The highest BCUT2D eigenvalue weighted by Gasteiger charge is 2.08. The van der Waals surface area contributed by atoms with E-state index in [1.807, 2.05) is 18.2 Å². The predicted molar refractivity (Wildman–Crippen MR) is 89.3 cm³/mol. The quantitative estimate of drug-likeness (QED) is 0.854. The SMILES string of the molecule is N#CCC(=O)NCc1cc(Cl)ccc1OCc1cccc(Cl)c1. The number of nitriles is 1. The van der Waals surface area contributed by atoms with E-state index in [-0.39, 0.29) is 18.9 Å². The average Bonchev–Trinajstić information content (AvgIpc) is 2.52. The summed E-state index contributed by atoms with van der Waals surface area (Å²) in [6.45, 7) is 0.591. The number of nitrogens with one attached hydrogen (secondary N) is 1. The van der Waals surface area contributed by atoms with Gasteiger partial charge in [0.15, 0.2) is 0 Å². The van der Waals surface area contributed by atoms with Gasteiger partial charge in [0, 0.05) is 22.2 Å². The standard InChI is InChI=1S/C17H14Cl2N2O2/c18-14-3-1-2-12(8-14)11-23-16-5-4-15(19)9-13(16)10-21-17(22)6-7-20/h1-5,8-9H,6,10-11H2,(H,21,22). The van der Waals surface area contributed by atoms with Crippen molar-refractivity contribution in [3.05, 3.63) is 63.6 Å². The minimum Gasteiger partial charge on any atom is -0.489 e. The van der Waals surface area contributed by atoms with Crippen molar-refractivity contribution in [1.29, 1.82) is 5.26 Å². The Morgan fingerprint density at radius 1 is 1.17 bits per heavy atom. The molecule has 23 heavy (non-hydrogen) atoms. The van der Waals surface area contributed by atoms with Gasteiger partial charge in [-0.2, -0.15) is 5.26 Å². The molecule has 1 amide bonds. The third-order valence-corrected chi connectivity index (χ3v) is 3.49. The largest absolute Gasteiger partial charge is 0.489 e. The van der Waals surface area contributed by atoms with Crippen molar-refractivity contribution < 1.29 is 9.53 Å². The van der Waals surface area contributed by atoms with Gasteiger partial charge < -0.3 is 10.1 Å². The van der Waals surface area contributed by atoms with E-state index in [1.54, 1.807) is 30.3 Å². The molecule has 2 aromatic carbocycles. The van der Waals surface area contributed by atoms with E-state index >= 15 is 0 Å². The van der Waals surface area contributed by atoms with Crippen LogP contribution in [-0.4, -0.2) is 5.91 Å². The Labute approximate surface area is 144 Å². The van der Waals surface area contributed by atoms with E-state index < -0.39 is 0 Å². The van der Waals surface area contributed by atoms with Gasteiger partial charge in [0.1, 0.15) is 18.8 Å². The van der Waals surface area contributed by atoms with E-state index in [1.165, 1.54) is 0 Å². The maximum absolute atomic E-state index is 11.4. The van der Waals surface area contributed by atoms with Gasteiger partial charge in [-0.05, 0) is 35.9 Å². The minimum absolute atomic E-state index is 0.181. The molecule has 0 aliphatic heterocycles. The Kier molecular flexibility index (Phi) is 6.28. The first-order valence-electron chi connectivity index (χ1n) is 6.88. The monoisotopic (exact) mass is 348 g/mol. The summed E-state index contributed by atoms with van der Waals surface area (Å²) in [5.41, 5.74) is 1.68. The smallest absolute Gasteiger partial charge is 0.234 e. The van der Waals surface area contributed by atoms with Crippen LogP contribution in [0.1, 0.15) is 17.5 Å². The lowest BCUT2D eigenvalue weighted by Crippen LogP contribution is -2.22. The normalized spacial score (nSPS) is 9.96. The van der Waals surface area contributed by atoms with Gasteiger partial charge in [-0.3, -0.25) is 4.79 Å². The number of hydrogen-bond acceptors (Lipinski definition) is 3. The number of carbonyl (C=O) groups is 1. The summed E-state index contributed by atoms with van der Waals surface area (Å²) in [4.78, 5) is 11.4. The topological polar surface area (TPSA) is 62.1 Å². The van der Waals surface area contributed by atoms with Crippen molar-refractivity contribution in [2.24, 2.45) is 0 Å². The molecule has 0 spiro atoms. The molecule has 2 rings (SSSR count). The Morgan fingerprint density at radius 2 is 1.96 bits per heavy atom.